The summed E-state index contributed by atoms with van der Waals surface area (Å²) in [4.78, 5) is 11.6. The number of rotatable bonds is 6. The summed E-state index contributed by atoms with van der Waals surface area (Å²) >= 11 is 0. The van der Waals surface area contributed by atoms with Crippen LogP contribution in [0.25, 0.3) is 21.9 Å². The van der Waals surface area contributed by atoms with Crippen molar-refractivity contribution in [2.75, 3.05) is 4.72 Å². The number of hydrogen-bond acceptors (Lipinski definition) is 4. The number of benzene rings is 3. The molecule has 5 rings (SSSR count). The van der Waals surface area contributed by atoms with E-state index in [2.05, 4.69) is 9.82 Å². The number of anilines is 1. The van der Waals surface area contributed by atoms with E-state index < -0.39 is 16.0 Å². The SMILES string of the molecule is Cc1c(S(=O)(=O)Nc2ccc(-c3cccc(C(=O)O)c3)c3ccccc23)cnn1C1CCCC1. The lowest BCUT2D eigenvalue weighted by molar-refractivity contribution is 0.0697. The fourth-order valence-corrected chi connectivity index (χ4v) is 6.09. The topological polar surface area (TPSA) is 101 Å². The maximum Gasteiger partial charge on any atom is 0.335 e. The summed E-state index contributed by atoms with van der Waals surface area (Å²) in [7, 11) is -3.85. The van der Waals surface area contributed by atoms with E-state index in [4.69, 9.17) is 0 Å². The molecule has 0 unspecified atom stereocenters. The predicted octanol–water partition coefficient (Wildman–Crippen LogP) is 5.63. The van der Waals surface area contributed by atoms with Gasteiger partial charge >= 0.3 is 5.97 Å². The lowest BCUT2D eigenvalue weighted by Crippen LogP contribution is -2.15. The molecule has 0 aliphatic heterocycles. The number of carbonyl (C=O) groups is 1. The molecule has 7 nitrogen and oxygen atoms in total. The van der Waals surface area contributed by atoms with E-state index >= 15 is 0 Å². The van der Waals surface area contributed by atoms with Gasteiger partial charge in [-0.2, -0.15) is 5.10 Å². The molecule has 2 N–H and O–H groups in total. The molecule has 0 amide bonds. The molecular weight excluding hydrogens is 450 g/mol. The molecule has 1 saturated carbocycles. The number of carboxylic acids is 1. The van der Waals surface area contributed by atoms with Crippen molar-refractivity contribution < 1.29 is 18.3 Å². The summed E-state index contributed by atoms with van der Waals surface area (Å²) in [6, 6.07) is 18.0. The third kappa shape index (κ3) is 3.94. The largest absolute Gasteiger partial charge is 0.478 e. The van der Waals surface area contributed by atoms with Crippen molar-refractivity contribution in [3.05, 3.63) is 78.1 Å². The first-order valence-corrected chi connectivity index (χ1v) is 12.8. The number of hydrogen-bond donors (Lipinski definition) is 2. The van der Waals surface area contributed by atoms with Crippen molar-refractivity contribution in [3.8, 4) is 11.1 Å². The number of carboxylic acid groups (broad SMARTS) is 1. The minimum absolute atomic E-state index is 0.182. The summed E-state index contributed by atoms with van der Waals surface area (Å²) in [5.74, 6) is -0.996. The number of nitrogens with one attached hydrogen (secondary N) is 1. The van der Waals surface area contributed by atoms with E-state index in [0.29, 0.717) is 11.4 Å². The zero-order valence-electron chi connectivity index (χ0n) is 18.7. The van der Waals surface area contributed by atoms with Crippen LogP contribution in [0.15, 0.2) is 71.8 Å². The Morgan fingerprint density at radius 3 is 2.50 bits per heavy atom. The zero-order chi connectivity index (χ0) is 23.9. The zero-order valence-corrected chi connectivity index (χ0v) is 19.5. The molecule has 3 aromatic carbocycles. The van der Waals surface area contributed by atoms with Gasteiger partial charge in [0.05, 0.1) is 29.2 Å². The maximum atomic E-state index is 13.3. The second-order valence-corrected chi connectivity index (χ2v) is 10.3. The standard InChI is InChI=1S/C26H25N3O4S/c1-17-25(16-27-29(17)20-9-2-3-10-20)34(32,33)28-24-14-13-21(22-11-4-5-12-23(22)24)18-7-6-8-19(15-18)26(30)31/h4-8,11-16,20,28H,2-3,9-10H2,1H3,(H,30,31). The highest BCUT2D eigenvalue weighted by Crippen LogP contribution is 2.36. The third-order valence-electron chi connectivity index (χ3n) is 6.55. The summed E-state index contributed by atoms with van der Waals surface area (Å²) < 4.78 is 31.3. The van der Waals surface area contributed by atoms with E-state index in [1.807, 2.05) is 41.1 Å². The quantitative estimate of drug-likeness (QED) is 0.377. The molecule has 0 atom stereocenters. The van der Waals surface area contributed by atoms with Crippen LogP contribution in [-0.4, -0.2) is 29.3 Å². The molecule has 0 spiro atoms. The van der Waals surface area contributed by atoms with Crippen LogP contribution >= 0.6 is 0 Å². The van der Waals surface area contributed by atoms with Crippen LogP contribution in [0, 0.1) is 6.92 Å². The van der Waals surface area contributed by atoms with Crippen LogP contribution in [0.3, 0.4) is 0 Å². The van der Waals surface area contributed by atoms with E-state index in [-0.39, 0.29) is 16.5 Å². The van der Waals surface area contributed by atoms with Crippen LogP contribution in [-0.2, 0) is 10.0 Å². The van der Waals surface area contributed by atoms with Gasteiger partial charge in [-0.1, -0.05) is 55.3 Å². The average molecular weight is 476 g/mol. The molecule has 0 radical (unpaired) electrons. The predicted molar refractivity (Wildman–Crippen MR) is 132 cm³/mol. The minimum Gasteiger partial charge on any atom is -0.478 e. The van der Waals surface area contributed by atoms with E-state index in [9.17, 15) is 18.3 Å². The summed E-state index contributed by atoms with van der Waals surface area (Å²) in [6.07, 6.45) is 5.75. The van der Waals surface area contributed by atoms with Crippen molar-refractivity contribution in [2.24, 2.45) is 0 Å². The molecule has 1 aliphatic carbocycles. The smallest absolute Gasteiger partial charge is 0.335 e. The van der Waals surface area contributed by atoms with Gasteiger partial charge in [0, 0.05) is 5.39 Å². The van der Waals surface area contributed by atoms with Crippen molar-refractivity contribution >= 4 is 32.5 Å². The molecule has 34 heavy (non-hydrogen) atoms. The van der Waals surface area contributed by atoms with E-state index in [1.165, 1.54) is 6.20 Å². The monoisotopic (exact) mass is 475 g/mol. The van der Waals surface area contributed by atoms with Crippen molar-refractivity contribution in [1.29, 1.82) is 0 Å². The Hall–Kier alpha value is -3.65. The van der Waals surface area contributed by atoms with Gasteiger partial charge in [-0.3, -0.25) is 9.40 Å². The normalized spacial score (nSPS) is 14.5. The molecule has 174 valence electrons. The van der Waals surface area contributed by atoms with Crippen molar-refractivity contribution in [2.45, 2.75) is 43.5 Å². The van der Waals surface area contributed by atoms with Crippen LogP contribution in [0.2, 0.25) is 0 Å². The Labute approximate surface area is 198 Å². The third-order valence-corrected chi connectivity index (χ3v) is 8.02. The molecule has 0 saturated heterocycles. The first kappa shape index (κ1) is 22.2. The summed E-state index contributed by atoms with van der Waals surface area (Å²) in [5, 5.41) is 15.3. The Balaban J connectivity index is 1.54. The number of nitrogens with zero attached hydrogens (tertiary/aromatic N) is 2. The Bertz CT molecular complexity index is 1500. The molecule has 1 fully saturated rings. The molecule has 1 heterocycles. The molecule has 1 aromatic heterocycles. The summed E-state index contributed by atoms with van der Waals surface area (Å²) in [5.41, 5.74) is 2.87. The molecule has 8 heteroatoms. The number of aromatic carboxylic acids is 1. The molecule has 1 aliphatic rings. The second-order valence-electron chi connectivity index (χ2n) is 8.67. The van der Waals surface area contributed by atoms with Gasteiger partial charge in [-0.25, -0.2) is 13.2 Å². The molecular formula is C26H25N3O4S. The first-order chi connectivity index (χ1) is 16.3. The number of sulfonamides is 1. The number of aromatic nitrogens is 2. The minimum atomic E-state index is -3.85. The van der Waals surface area contributed by atoms with E-state index in [1.54, 1.807) is 31.2 Å². The van der Waals surface area contributed by atoms with Crippen LogP contribution in [0.1, 0.15) is 47.8 Å². The van der Waals surface area contributed by atoms with Gasteiger partial charge in [-0.15, -0.1) is 0 Å². The lowest BCUT2D eigenvalue weighted by Gasteiger charge is -2.15. The van der Waals surface area contributed by atoms with Gasteiger partial charge in [-0.05, 0) is 54.5 Å². The van der Waals surface area contributed by atoms with Crippen LogP contribution < -0.4 is 4.72 Å². The van der Waals surface area contributed by atoms with E-state index in [0.717, 1.165) is 47.6 Å². The maximum absolute atomic E-state index is 13.3. The van der Waals surface area contributed by atoms with Gasteiger partial charge < -0.3 is 5.11 Å². The van der Waals surface area contributed by atoms with Crippen LogP contribution in [0.4, 0.5) is 5.69 Å². The first-order valence-electron chi connectivity index (χ1n) is 11.3. The van der Waals surface area contributed by atoms with Gasteiger partial charge in [0.25, 0.3) is 10.0 Å². The van der Waals surface area contributed by atoms with Gasteiger partial charge in [0.15, 0.2) is 0 Å². The highest BCUT2D eigenvalue weighted by Gasteiger charge is 2.26. The lowest BCUT2D eigenvalue weighted by atomic mass is 9.96. The van der Waals surface area contributed by atoms with Gasteiger partial charge in [0.1, 0.15) is 4.90 Å². The molecule has 4 aromatic rings. The fraction of sp³-hybridized carbons (Fsp3) is 0.231. The Morgan fingerprint density at radius 1 is 1.03 bits per heavy atom. The van der Waals surface area contributed by atoms with Crippen molar-refractivity contribution in [1.82, 2.24) is 9.78 Å². The average Bonchev–Trinajstić information content (AvgIpc) is 3.49. The number of fused-ring (bicyclic) bond motifs is 1. The van der Waals surface area contributed by atoms with Crippen LogP contribution in [0.5, 0.6) is 0 Å². The van der Waals surface area contributed by atoms with Gasteiger partial charge in [0.2, 0.25) is 0 Å². The highest BCUT2D eigenvalue weighted by molar-refractivity contribution is 7.92. The second kappa shape index (κ2) is 8.61. The summed E-state index contributed by atoms with van der Waals surface area (Å²) in [6.45, 7) is 1.80. The highest BCUT2D eigenvalue weighted by atomic mass is 32.2. The van der Waals surface area contributed by atoms with Crippen molar-refractivity contribution in [3.63, 3.8) is 0 Å². The Morgan fingerprint density at radius 2 is 1.76 bits per heavy atom. The fourth-order valence-electron chi connectivity index (χ4n) is 4.85. The molecule has 0 bridgehead atoms. The Kier molecular flexibility index (Phi) is 5.61.